The maximum absolute atomic E-state index is 13.3. The average molecular weight is 479 g/mol. The molecule has 1 aliphatic rings. The number of hydrogen-bond acceptors (Lipinski definition) is 5. The molecule has 0 aromatic heterocycles. The number of carbonyl (C=O) groups is 1. The number of anilines is 2. The second kappa shape index (κ2) is 8.83. The predicted molar refractivity (Wildman–Crippen MR) is 109 cm³/mol. The van der Waals surface area contributed by atoms with Crippen LogP contribution in [0.5, 0.6) is 11.5 Å². The molecule has 0 saturated heterocycles. The van der Waals surface area contributed by atoms with E-state index in [1.165, 1.54) is 31.2 Å². The Morgan fingerprint density at radius 2 is 1.81 bits per heavy atom. The zero-order valence-corrected chi connectivity index (χ0v) is 17.8. The SMILES string of the molecule is CCS(=O)(=O)N(CC(=O)Nc1ccc(Cl)cc1C(F)(F)F)c1ccc2c(c1)OCCO2. The molecule has 1 amide bonds. The number of benzene rings is 2. The first-order valence-electron chi connectivity index (χ1n) is 9.08. The van der Waals surface area contributed by atoms with Crippen molar-refractivity contribution >= 4 is 38.9 Å². The first-order valence-corrected chi connectivity index (χ1v) is 11.1. The molecule has 0 fully saturated rings. The molecule has 0 spiro atoms. The Morgan fingerprint density at radius 1 is 1.13 bits per heavy atom. The predicted octanol–water partition coefficient (Wildman–Crippen LogP) is 3.92. The number of halogens is 4. The summed E-state index contributed by atoms with van der Waals surface area (Å²) < 4.78 is 76.7. The van der Waals surface area contributed by atoms with Crippen molar-refractivity contribution in [3.63, 3.8) is 0 Å². The summed E-state index contributed by atoms with van der Waals surface area (Å²) in [5, 5.41) is 1.97. The lowest BCUT2D eigenvalue weighted by Crippen LogP contribution is -2.39. The van der Waals surface area contributed by atoms with Gasteiger partial charge in [0.25, 0.3) is 0 Å². The van der Waals surface area contributed by atoms with Gasteiger partial charge in [-0.2, -0.15) is 13.2 Å². The molecule has 31 heavy (non-hydrogen) atoms. The number of rotatable bonds is 6. The van der Waals surface area contributed by atoms with Crippen LogP contribution in [0.2, 0.25) is 5.02 Å². The minimum atomic E-state index is -4.77. The second-order valence-electron chi connectivity index (χ2n) is 6.47. The van der Waals surface area contributed by atoms with Crippen molar-refractivity contribution in [3.05, 3.63) is 47.0 Å². The van der Waals surface area contributed by atoms with Crippen LogP contribution in [0.3, 0.4) is 0 Å². The summed E-state index contributed by atoms with van der Waals surface area (Å²) in [6.07, 6.45) is -4.77. The lowest BCUT2D eigenvalue weighted by molar-refractivity contribution is -0.137. The van der Waals surface area contributed by atoms with Crippen LogP contribution in [-0.4, -0.2) is 39.8 Å². The Kier molecular flexibility index (Phi) is 6.56. The van der Waals surface area contributed by atoms with E-state index in [1.807, 2.05) is 0 Å². The Morgan fingerprint density at radius 3 is 2.45 bits per heavy atom. The summed E-state index contributed by atoms with van der Waals surface area (Å²) in [6, 6.07) is 7.20. The smallest absolute Gasteiger partial charge is 0.418 e. The highest BCUT2D eigenvalue weighted by Crippen LogP contribution is 2.37. The first kappa shape index (κ1) is 23.0. The molecule has 2 aromatic rings. The molecule has 0 atom stereocenters. The summed E-state index contributed by atoms with van der Waals surface area (Å²) >= 11 is 5.64. The van der Waals surface area contributed by atoms with Gasteiger partial charge in [-0.15, -0.1) is 0 Å². The fourth-order valence-corrected chi connectivity index (χ4v) is 4.11. The third-order valence-electron chi connectivity index (χ3n) is 4.36. The van der Waals surface area contributed by atoms with Crippen LogP contribution in [0.4, 0.5) is 24.5 Å². The molecule has 0 bridgehead atoms. The van der Waals surface area contributed by atoms with Gasteiger partial charge >= 0.3 is 6.18 Å². The summed E-state index contributed by atoms with van der Waals surface area (Å²) in [6.45, 7) is 1.26. The summed E-state index contributed by atoms with van der Waals surface area (Å²) in [5.74, 6) is -0.565. The zero-order chi connectivity index (χ0) is 22.8. The van der Waals surface area contributed by atoms with Crippen LogP contribution >= 0.6 is 11.6 Å². The molecular formula is C19H18ClF3N2O5S. The molecule has 168 valence electrons. The highest BCUT2D eigenvalue weighted by Gasteiger charge is 2.34. The van der Waals surface area contributed by atoms with Gasteiger partial charge in [0.1, 0.15) is 19.8 Å². The van der Waals surface area contributed by atoms with Gasteiger partial charge in [-0.1, -0.05) is 11.6 Å². The van der Waals surface area contributed by atoms with Crippen LogP contribution < -0.4 is 19.1 Å². The molecule has 12 heteroatoms. The third kappa shape index (κ3) is 5.34. The van der Waals surface area contributed by atoms with Crippen molar-refractivity contribution in [1.82, 2.24) is 0 Å². The Balaban J connectivity index is 1.89. The maximum atomic E-state index is 13.3. The molecule has 2 aromatic carbocycles. The number of amides is 1. The number of alkyl halides is 3. The highest BCUT2D eigenvalue weighted by molar-refractivity contribution is 7.92. The van der Waals surface area contributed by atoms with E-state index in [-0.39, 0.29) is 23.1 Å². The second-order valence-corrected chi connectivity index (χ2v) is 9.09. The molecule has 1 heterocycles. The molecule has 0 unspecified atom stereocenters. The van der Waals surface area contributed by atoms with Gasteiger partial charge in [-0.25, -0.2) is 8.42 Å². The first-order chi connectivity index (χ1) is 14.5. The van der Waals surface area contributed by atoms with E-state index in [0.717, 1.165) is 10.4 Å². The molecule has 1 N–H and O–H groups in total. The fraction of sp³-hybridized carbons (Fsp3) is 0.316. The van der Waals surface area contributed by atoms with E-state index in [0.29, 0.717) is 24.2 Å². The van der Waals surface area contributed by atoms with E-state index in [4.69, 9.17) is 21.1 Å². The van der Waals surface area contributed by atoms with Crippen LogP contribution in [-0.2, 0) is 21.0 Å². The van der Waals surface area contributed by atoms with Crippen molar-refractivity contribution < 1.29 is 35.9 Å². The van der Waals surface area contributed by atoms with Crippen LogP contribution in [0.25, 0.3) is 0 Å². The number of nitrogens with zero attached hydrogens (tertiary/aromatic N) is 1. The van der Waals surface area contributed by atoms with E-state index in [1.54, 1.807) is 0 Å². The third-order valence-corrected chi connectivity index (χ3v) is 6.34. The van der Waals surface area contributed by atoms with Gasteiger partial charge < -0.3 is 14.8 Å². The quantitative estimate of drug-likeness (QED) is 0.680. The number of hydrogen-bond donors (Lipinski definition) is 1. The number of ether oxygens (including phenoxy) is 2. The average Bonchev–Trinajstić information content (AvgIpc) is 2.72. The van der Waals surface area contributed by atoms with Gasteiger partial charge in [0, 0.05) is 11.1 Å². The minimum Gasteiger partial charge on any atom is -0.486 e. The Hall–Kier alpha value is -2.66. The summed E-state index contributed by atoms with van der Waals surface area (Å²) in [5.41, 5.74) is -1.55. The van der Waals surface area contributed by atoms with E-state index in [2.05, 4.69) is 5.32 Å². The van der Waals surface area contributed by atoms with Gasteiger partial charge in [-0.3, -0.25) is 9.10 Å². The van der Waals surface area contributed by atoms with Crippen molar-refractivity contribution in [2.45, 2.75) is 13.1 Å². The molecule has 0 saturated carbocycles. The van der Waals surface area contributed by atoms with Crippen molar-refractivity contribution in [1.29, 1.82) is 0 Å². The monoisotopic (exact) mass is 478 g/mol. The van der Waals surface area contributed by atoms with E-state index in [9.17, 15) is 26.4 Å². The van der Waals surface area contributed by atoms with Crippen LogP contribution in [0, 0.1) is 0 Å². The van der Waals surface area contributed by atoms with E-state index < -0.39 is 39.9 Å². The number of nitrogens with one attached hydrogen (secondary N) is 1. The number of sulfonamides is 1. The number of carbonyl (C=O) groups excluding carboxylic acids is 1. The molecule has 0 radical (unpaired) electrons. The number of fused-ring (bicyclic) bond motifs is 1. The lowest BCUT2D eigenvalue weighted by atomic mass is 10.1. The molecule has 3 rings (SSSR count). The fourth-order valence-electron chi connectivity index (χ4n) is 2.87. The van der Waals surface area contributed by atoms with Crippen LogP contribution in [0.1, 0.15) is 12.5 Å². The van der Waals surface area contributed by atoms with Gasteiger partial charge in [0.05, 0.1) is 22.7 Å². The molecule has 1 aliphatic heterocycles. The highest BCUT2D eigenvalue weighted by atomic mass is 35.5. The van der Waals surface area contributed by atoms with Gasteiger partial charge in [-0.05, 0) is 37.3 Å². The van der Waals surface area contributed by atoms with Crippen LogP contribution in [0.15, 0.2) is 36.4 Å². The standard InChI is InChI=1S/C19H18ClF3N2O5S/c1-2-31(27,28)25(13-4-6-16-17(10-13)30-8-7-29-16)11-18(26)24-15-5-3-12(20)9-14(15)19(21,22)23/h3-6,9-10H,2,7-8,11H2,1H3,(H,24,26). The van der Waals surface area contributed by atoms with Gasteiger partial charge in [0.2, 0.25) is 15.9 Å². The van der Waals surface area contributed by atoms with Crippen molar-refractivity contribution in [2.75, 3.05) is 35.1 Å². The Bertz CT molecular complexity index is 1090. The maximum Gasteiger partial charge on any atom is 0.418 e. The Labute approximate surface area is 181 Å². The zero-order valence-electron chi connectivity index (χ0n) is 16.2. The van der Waals surface area contributed by atoms with Crippen molar-refractivity contribution in [3.8, 4) is 11.5 Å². The molecular weight excluding hydrogens is 461 g/mol. The lowest BCUT2D eigenvalue weighted by Gasteiger charge is -2.26. The largest absolute Gasteiger partial charge is 0.486 e. The topological polar surface area (TPSA) is 84.9 Å². The normalized spacial score (nSPS) is 13.6. The summed E-state index contributed by atoms with van der Waals surface area (Å²) in [7, 11) is -3.94. The van der Waals surface area contributed by atoms with Crippen molar-refractivity contribution in [2.24, 2.45) is 0 Å². The molecule has 0 aliphatic carbocycles. The summed E-state index contributed by atoms with van der Waals surface area (Å²) in [4.78, 5) is 12.5. The minimum absolute atomic E-state index is 0.119. The van der Waals surface area contributed by atoms with Gasteiger partial charge in [0.15, 0.2) is 11.5 Å². The van der Waals surface area contributed by atoms with E-state index >= 15 is 0 Å². The molecule has 7 nitrogen and oxygen atoms in total.